The topological polar surface area (TPSA) is 92.1 Å². The Morgan fingerprint density at radius 2 is 1.83 bits per heavy atom. The SMILES string of the molecule is CCc1ccc2oc(C(=O)N(CC(=O)N(C)C)C(C)(C)C(=O)NCc3c(F)cccc3OC)cc2c1. The summed E-state index contributed by atoms with van der Waals surface area (Å²) in [5, 5.41) is 3.43. The van der Waals surface area contributed by atoms with Crippen molar-refractivity contribution in [2.75, 3.05) is 27.7 Å². The number of benzene rings is 2. The molecule has 3 amide bonds. The molecule has 0 fully saturated rings. The molecule has 8 nitrogen and oxygen atoms in total. The van der Waals surface area contributed by atoms with Gasteiger partial charge < -0.3 is 24.3 Å². The van der Waals surface area contributed by atoms with Crippen molar-refractivity contribution in [1.82, 2.24) is 15.1 Å². The Hall–Kier alpha value is -3.88. The van der Waals surface area contributed by atoms with E-state index >= 15 is 0 Å². The van der Waals surface area contributed by atoms with Crippen LogP contribution in [0.5, 0.6) is 5.75 Å². The van der Waals surface area contributed by atoms with E-state index in [0.717, 1.165) is 17.4 Å². The van der Waals surface area contributed by atoms with Crippen LogP contribution in [0.25, 0.3) is 11.0 Å². The first-order valence-electron chi connectivity index (χ1n) is 11.6. The summed E-state index contributed by atoms with van der Waals surface area (Å²) < 4.78 is 25.3. The fourth-order valence-electron chi connectivity index (χ4n) is 3.76. The Labute approximate surface area is 210 Å². The number of nitrogens with zero attached hydrogens (tertiary/aromatic N) is 2. The number of fused-ring (bicyclic) bond motifs is 1. The van der Waals surface area contributed by atoms with Gasteiger partial charge in [0.2, 0.25) is 11.8 Å². The minimum Gasteiger partial charge on any atom is -0.496 e. The number of rotatable bonds is 9. The number of hydrogen-bond donors (Lipinski definition) is 1. The van der Waals surface area contributed by atoms with E-state index in [1.54, 1.807) is 32.3 Å². The van der Waals surface area contributed by atoms with Gasteiger partial charge in [0.1, 0.15) is 29.2 Å². The van der Waals surface area contributed by atoms with E-state index in [0.29, 0.717) is 5.58 Å². The van der Waals surface area contributed by atoms with Gasteiger partial charge in [-0.1, -0.05) is 19.1 Å². The third kappa shape index (κ3) is 5.50. The van der Waals surface area contributed by atoms with Crippen LogP contribution in [0.3, 0.4) is 0 Å². The van der Waals surface area contributed by atoms with Crippen molar-refractivity contribution < 1.29 is 27.9 Å². The minimum atomic E-state index is -1.48. The zero-order valence-electron chi connectivity index (χ0n) is 21.5. The molecule has 0 aliphatic carbocycles. The number of methoxy groups -OCH3 is 1. The normalized spacial score (nSPS) is 11.3. The highest BCUT2D eigenvalue weighted by Gasteiger charge is 2.40. The Bertz CT molecular complexity index is 1280. The number of halogens is 1. The fraction of sp³-hybridized carbons (Fsp3) is 0.370. The van der Waals surface area contributed by atoms with Gasteiger partial charge in [0.05, 0.1) is 7.11 Å². The summed E-state index contributed by atoms with van der Waals surface area (Å²) in [5.41, 5.74) is 0.318. The van der Waals surface area contributed by atoms with Gasteiger partial charge >= 0.3 is 0 Å². The van der Waals surface area contributed by atoms with Crippen molar-refractivity contribution in [3.05, 3.63) is 65.2 Å². The van der Waals surface area contributed by atoms with Crippen LogP contribution in [-0.4, -0.2) is 60.8 Å². The summed E-state index contributed by atoms with van der Waals surface area (Å²) in [5.74, 6) is -1.78. The number of furan rings is 1. The second-order valence-electron chi connectivity index (χ2n) is 9.18. The molecular weight excluding hydrogens is 465 g/mol. The van der Waals surface area contributed by atoms with E-state index in [4.69, 9.17) is 9.15 Å². The quantitative estimate of drug-likeness (QED) is 0.486. The Morgan fingerprint density at radius 3 is 2.47 bits per heavy atom. The molecule has 0 saturated heterocycles. The summed E-state index contributed by atoms with van der Waals surface area (Å²) >= 11 is 0. The minimum absolute atomic E-state index is 0.0152. The summed E-state index contributed by atoms with van der Waals surface area (Å²) in [6.45, 7) is 4.57. The van der Waals surface area contributed by atoms with E-state index in [1.165, 1.54) is 42.9 Å². The zero-order valence-corrected chi connectivity index (χ0v) is 21.5. The van der Waals surface area contributed by atoms with E-state index in [2.05, 4.69) is 5.32 Å². The highest BCUT2D eigenvalue weighted by Crippen LogP contribution is 2.26. The molecular formula is C27H32FN3O5. The number of aryl methyl sites for hydroxylation is 1. The van der Waals surface area contributed by atoms with Crippen LogP contribution in [0.15, 0.2) is 46.9 Å². The van der Waals surface area contributed by atoms with Crippen LogP contribution >= 0.6 is 0 Å². The van der Waals surface area contributed by atoms with Crippen LogP contribution in [0.2, 0.25) is 0 Å². The maximum absolute atomic E-state index is 14.4. The number of likely N-dealkylation sites (N-methyl/N-ethyl adjacent to an activating group) is 1. The molecule has 36 heavy (non-hydrogen) atoms. The number of amides is 3. The van der Waals surface area contributed by atoms with E-state index < -0.39 is 23.2 Å². The van der Waals surface area contributed by atoms with Crippen LogP contribution in [0.1, 0.15) is 42.5 Å². The van der Waals surface area contributed by atoms with Crippen LogP contribution in [0, 0.1) is 5.82 Å². The summed E-state index contributed by atoms with van der Waals surface area (Å²) in [4.78, 5) is 42.0. The highest BCUT2D eigenvalue weighted by atomic mass is 19.1. The zero-order chi connectivity index (χ0) is 26.6. The van der Waals surface area contributed by atoms with E-state index in [1.807, 2.05) is 19.1 Å². The van der Waals surface area contributed by atoms with Gasteiger partial charge in [-0.2, -0.15) is 0 Å². The van der Waals surface area contributed by atoms with Gasteiger partial charge in [0.15, 0.2) is 5.76 Å². The van der Waals surface area contributed by atoms with Gasteiger partial charge in [0.25, 0.3) is 5.91 Å². The third-order valence-electron chi connectivity index (χ3n) is 6.19. The molecule has 1 N–H and O–H groups in total. The predicted molar refractivity (Wildman–Crippen MR) is 134 cm³/mol. The summed E-state index contributed by atoms with van der Waals surface area (Å²) in [6, 6.07) is 11.6. The maximum atomic E-state index is 14.4. The predicted octanol–water partition coefficient (Wildman–Crippen LogP) is 3.77. The van der Waals surface area contributed by atoms with Crippen molar-refractivity contribution in [1.29, 1.82) is 0 Å². The number of carbonyl (C=O) groups excluding carboxylic acids is 3. The highest BCUT2D eigenvalue weighted by molar-refractivity contribution is 6.01. The molecule has 2 aromatic carbocycles. The molecule has 0 bridgehead atoms. The van der Waals surface area contributed by atoms with Gasteiger partial charge in [-0.05, 0) is 56.2 Å². The summed E-state index contributed by atoms with van der Waals surface area (Å²) in [6.07, 6.45) is 0.827. The lowest BCUT2D eigenvalue weighted by atomic mass is 10.00. The van der Waals surface area contributed by atoms with Crippen molar-refractivity contribution in [3.8, 4) is 5.75 Å². The molecule has 0 saturated carbocycles. The molecule has 1 heterocycles. The van der Waals surface area contributed by atoms with Crippen molar-refractivity contribution in [2.24, 2.45) is 0 Å². The Balaban J connectivity index is 1.91. The van der Waals surface area contributed by atoms with E-state index in [9.17, 15) is 18.8 Å². The standard InChI is InChI=1S/C27H32FN3O5/c1-7-17-11-12-21-18(13-17)14-23(36-21)25(33)31(16-24(32)30(4)5)27(2,3)26(34)29-15-19-20(28)9-8-10-22(19)35-6/h8-14H,7,15-16H2,1-6H3,(H,29,34). The van der Waals surface area contributed by atoms with Crippen LogP contribution in [-0.2, 0) is 22.6 Å². The lowest BCUT2D eigenvalue weighted by molar-refractivity contribution is -0.135. The lowest BCUT2D eigenvalue weighted by Crippen LogP contribution is -2.59. The van der Waals surface area contributed by atoms with Crippen LogP contribution in [0.4, 0.5) is 4.39 Å². The number of nitrogens with one attached hydrogen (secondary N) is 1. The molecule has 0 radical (unpaired) electrons. The van der Waals surface area contributed by atoms with Gasteiger partial charge in [-0.15, -0.1) is 0 Å². The van der Waals surface area contributed by atoms with Gasteiger partial charge in [-0.25, -0.2) is 4.39 Å². The molecule has 192 valence electrons. The first-order chi connectivity index (χ1) is 17.0. The second-order valence-corrected chi connectivity index (χ2v) is 9.18. The average molecular weight is 498 g/mol. The molecule has 3 aromatic rings. The van der Waals surface area contributed by atoms with Gasteiger partial charge in [0, 0.05) is 31.6 Å². The first kappa shape index (κ1) is 26.7. The largest absolute Gasteiger partial charge is 0.496 e. The van der Waals surface area contributed by atoms with Crippen LogP contribution < -0.4 is 10.1 Å². The van der Waals surface area contributed by atoms with E-state index in [-0.39, 0.29) is 36.1 Å². The Kier molecular flexibility index (Phi) is 8.02. The number of ether oxygens (including phenoxy) is 1. The third-order valence-corrected chi connectivity index (χ3v) is 6.19. The molecule has 9 heteroatoms. The molecule has 0 unspecified atom stereocenters. The lowest BCUT2D eigenvalue weighted by Gasteiger charge is -2.36. The molecule has 3 rings (SSSR count). The molecule has 0 spiro atoms. The van der Waals surface area contributed by atoms with Crippen molar-refractivity contribution in [3.63, 3.8) is 0 Å². The number of carbonyl (C=O) groups is 3. The number of hydrogen-bond acceptors (Lipinski definition) is 5. The van der Waals surface area contributed by atoms with Crippen molar-refractivity contribution in [2.45, 2.75) is 39.3 Å². The molecule has 0 aliphatic rings. The van der Waals surface area contributed by atoms with Crippen molar-refractivity contribution >= 4 is 28.7 Å². The summed E-state index contributed by atoms with van der Waals surface area (Å²) in [7, 11) is 4.54. The average Bonchev–Trinajstić information content (AvgIpc) is 3.28. The molecule has 0 aliphatic heterocycles. The smallest absolute Gasteiger partial charge is 0.290 e. The first-order valence-corrected chi connectivity index (χ1v) is 11.6. The molecule has 0 atom stereocenters. The maximum Gasteiger partial charge on any atom is 0.290 e. The van der Waals surface area contributed by atoms with Gasteiger partial charge in [-0.3, -0.25) is 14.4 Å². The fourth-order valence-corrected chi connectivity index (χ4v) is 3.76. The second kappa shape index (κ2) is 10.8. The monoisotopic (exact) mass is 497 g/mol. The molecule has 1 aromatic heterocycles. The Morgan fingerprint density at radius 1 is 1.11 bits per heavy atom.